The normalized spacial score (nSPS) is 11.6. The fraction of sp³-hybridized carbons (Fsp3) is 0.0476. The Morgan fingerprint density at radius 3 is 2.53 bits per heavy atom. The van der Waals surface area contributed by atoms with Crippen molar-refractivity contribution in [2.24, 2.45) is 0 Å². The van der Waals surface area contributed by atoms with E-state index in [9.17, 15) is 26.9 Å². The number of nitriles is 1. The first-order valence-corrected chi connectivity index (χ1v) is 11.6. The Kier molecular flexibility index (Phi) is 6.18. The van der Waals surface area contributed by atoms with E-state index < -0.39 is 21.8 Å². The van der Waals surface area contributed by atoms with Crippen LogP contribution in [0, 0.1) is 11.3 Å². The predicted molar refractivity (Wildman–Crippen MR) is 117 cm³/mol. The van der Waals surface area contributed by atoms with Crippen LogP contribution in [0.2, 0.25) is 0 Å². The van der Waals surface area contributed by atoms with Gasteiger partial charge in [-0.1, -0.05) is 6.07 Å². The van der Waals surface area contributed by atoms with Crippen molar-refractivity contribution < 1.29 is 26.3 Å². The number of sulfonamides is 1. The molecular formula is C21H12F3N5O3S2. The molecule has 0 saturated carbocycles. The van der Waals surface area contributed by atoms with Gasteiger partial charge in [0, 0.05) is 35.1 Å². The molecule has 13 heteroatoms. The minimum absolute atomic E-state index is 0.0279. The Hall–Kier alpha value is -4.02. The molecule has 2 aromatic heterocycles. The fourth-order valence-corrected chi connectivity index (χ4v) is 4.59. The number of hydrogen-bond acceptors (Lipinski definition) is 8. The molecule has 2 aromatic carbocycles. The molecule has 0 atom stereocenters. The minimum atomic E-state index is -4.58. The first-order valence-electron chi connectivity index (χ1n) is 9.30. The lowest BCUT2D eigenvalue weighted by Crippen LogP contribution is -2.13. The van der Waals surface area contributed by atoms with Gasteiger partial charge in [-0.25, -0.2) is 13.4 Å². The topological polar surface area (TPSA) is 118 Å². The summed E-state index contributed by atoms with van der Waals surface area (Å²) in [6.45, 7) is 0. The summed E-state index contributed by atoms with van der Waals surface area (Å²) in [5.41, 5.74) is -0.565. The number of pyridine rings is 1. The van der Waals surface area contributed by atoms with Gasteiger partial charge in [0.25, 0.3) is 10.0 Å². The number of nitrogens with zero attached hydrogens (tertiary/aromatic N) is 4. The molecule has 0 amide bonds. The van der Waals surface area contributed by atoms with E-state index in [1.807, 2.05) is 6.07 Å². The maximum atomic E-state index is 13.3. The highest BCUT2D eigenvalue weighted by molar-refractivity contribution is 7.93. The number of anilines is 1. The van der Waals surface area contributed by atoms with E-state index in [1.54, 1.807) is 12.1 Å². The maximum Gasteiger partial charge on any atom is 0.416 e. The summed E-state index contributed by atoms with van der Waals surface area (Å²) in [4.78, 5) is 7.45. The van der Waals surface area contributed by atoms with Crippen LogP contribution in [0.3, 0.4) is 0 Å². The summed E-state index contributed by atoms with van der Waals surface area (Å²) in [7, 11) is -4.06. The quantitative estimate of drug-likeness (QED) is 0.390. The van der Waals surface area contributed by atoms with Crippen molar-refractivity contribution in [3.8, 4) is 28.7 Å². The molecular weight excluding hydrogens is 491 g/mol. The molecule has 34 heavy (non-hydrogen) atoms. The van der Waals surface area contributed by atoms with E-state index in [1.165, 1.54) is 30.9 Å². The zero-order valence-corrected chi connectivity index (χ0v) is 18.4. The van der Waals surface area contributed by atoms with Gasteiger partial charge in [0.15, 0.2) is 0 Å². The van der Waals surface area contributed by atoms with Gasteiger partial charge in [-0.15, -0.1) is 0 Å². The summed E-state index contributed by atoms with van der Waals surface area (Å²) in [6, 6.07) is 11.4. The summed E-state index contributed by atoms with van der Waals surface area (Å²) in [6.07, 6.45) is -0.546. The highest BCUT2D eigenvalue weighted by Gasteiger charge is 2.31. The highest BCUT2D eigenvalue weighted by Crippen LogP contribution is 2.39. The first-order chi connectivity index (χ1) is 16.2. The molecule has 0 aliphatic carbocycles. The molecule has 2 heterocycles. The summed E-state index contributed by atoms with van der Waals surface area (Å²) in [5, 5.41) is 9.60. The molecule has 0 aliphatic heterocycles. The van der Waals surface area contributed by atoms with Crippen LogP contribution in [-0.2, 0) is 16.2 Å². The predicted octanol–water partition coefficient (Wildman–Crippen LogP) is 5.08. The Bertz CT molecular complexity index is 1470. The van der Waals surface area contributed by atoms with Crippen LogP contribution in [0.15, 0.2) is 72.1 Å². The molecule has 4 aromatic rings. The van der Waals surface area contributed by atoms with Crippen molar-refractivity contribution in [1.29, 1.82) is 5.26 Å². The standard InChI is InChI=1S/C21H12F3N5O3S2/c22-21(23,24)15-3-5-19(17(9-15)13-2-1-7-26-11-13)32-18-6-4-16(8-14(18)10-25)34(30,31)29-20-27-12-28-33-20/h1-9,11-12H,(H,27,28,29). The first kappa shape index (κ1) is 23.1. The van der Waals surface area contributed by atoms with Crippen LogP contribution < -0.4 is 9.46 Å². The molecule has 0 bridgehead atoms. The van der Waals surface area contributed by atoms with Crippen LogP contribution in [-0.4, -0.2) is 22.8 Å². The van der Waals surface area contributed by atoms with Crippen molar-refractivity contribution in [3.63, 3.8) is 0 Å². The largest absolute Gasteiger partial charge is 0.455 e. The number of hydrogen-bond donors (Lipinski definition) is 1. The number of halogens is 3. The second-order valence-electron chi connectivity index (χ2n) is 6.67. The Labute approximate surface area is 195 Å². The number of ether oxygens (including phenoxy) is 1. The van der Waals surface area contributed by atoms with Crippen LogP contribution in [0.5, 0.6) is 11.5 Å². The van der Waals surface area contributed by atoms with Gasteiger partial charge in [0.05, 0.1) is 16.0 Å². The highest BCUT2D eigenvalue weighted by atomic mass is 32.2. The van der Waals surface area contributed by atoms with Gasteiger partial charge in [-0.05, 0) is 42.5 Å². The molecule has 8 nitrogen and oxygen atoms in total. The lowest BCUT2D eigenvalue weighted by molar-refractivity contribution is -0.137. The van der Waals surface area contributed by atoms with E-state index in [0.717, 1.165) is 35.8 Å². The molecule has 4 rings (SSSR count). The van der Waals surface area contributed by atoms with Gasteiger partial charge >= 0.3 is 6.18 Å². The van der Waals surface area contributed by atoms with E-state index >= 15 is 0 Å². The van der Waals surface area contributed by atoms with Crippen LogP contribution in [0.1, 0.15) is 11.1 Å². The Morgan fingerprint density at radius 1 is 1.09 bits per heavy atom. The van der Waals surface area contributed by atoms with E-state index in [0.29, 0.717) is 5.56 Å². The lowest BCUT2D eigenvalue weighted by atomic mass is 10.0. The molecule has 0 saturated heterocycles. The summed E-state index contributed by atoms with van der Waals surface area (Å²) >= 11 is 0.835. The fourth-order valence-electron chi connectivity index (χ4n) is 2.91. The molecule has 172 valence electrons. The number of nitrogens with one attached hydrogen (secondary N) is 1. The van der Waals surface area contributed by atoms with Crippen LogP contribution in [0.4, 0.5) is 18.3 Å². The molecule has 0 radical (unpaired) electrons. The molecule has 0 spiro atoms. The van der Waals surface area contributed by atoms with Crippen LogP contribution in [0.25, 0.3) is 11.1 Å². The number of alkyl halides is 3. The Balaban J connectivity index is 1.72. The van der Waals surface area contributed by atoms with Crippen molar-refractivity contribution in [2.45, 2.75) is 11.1 Å². The van der Waals surface area contributed by atoms with Crippen molar-refractivity contribution in [2.75, 3.05) is 4.72 Å². The molecule has 0 fully saturated rings. The van der Waals surface area contributed by atoms with E-state index in [2.05, 4.69) is 19.1 Å². The molecule has 0 unspecified atom stereocenters. The SMILES string of the molecule is N#Cc1cc(S(=O)(=O)Nc2ncns2)ccc1Oc1ccc(C(F)(F)F)cc1-c1cccnc1. The monoisotopic (exact) mass is 503 g/mol. The van der Waals surface area contributed by atoms with Crippen molar-refractivity contribution in [1.82, 2.24) is 14.3 Å². The van der Waals surface area contributed by atoms with Gasteiger partial charge in [-0.3, -0.25) is 9.71 Å². The molecule has 0 aliphatic rings. The van der Waals surface area contributed by atoms with Crippen LogP contribution >= 0.6 is 11.5 Å². The second kappa shape index (κ2) is 9.08. The third kappa shape index (κ3) is 4.98. The third-order valence-electron chi connectivity index (χ3n) is 4.46. The van der Waals surface area contributed by atoms with Crippen molar-refractivity contribution in [3.05, 3.63) is 78.4 Å². The van der Waals surface area contributed by atoms with Gasteiger partial charge in [0.2, 0.25) is 5.13 Å². The second-order valence-corrected chi connectivity index (χ2v) is 9.14. The zero-order chi connectivity index (χ0) is 24.3. The average Bonchev–Trinajstić information content (AvgIpc) is 3.31. The number of rotatable bonds is 6. The van der Waals surface area contributed by atoms with Gasteiger partial charge in [0.1, 0.15) is 23.9 Å². The van der Waals surface area contributed by atoms with Crippen molar-refractivity contribution >= 4 is 26.7 Å². The lowest BCUT2D eigenvalue weighted by Gasteiger charge is -2.15. The summed E-state index contributed by atoms with van der Waals surface area (Å²) < 4.78 is 76.7. The van der Waals surface area contributed by atoms with Gasteiger partial charge < -0.3 is 4.74 Å². The number of aromatic nitrogens is 3. The van der Waals surface area contributed by atoms with E-state index in [-0.39, 0.29) is 32.7 Å². The number of benzene rings is 2. The van der Waals surface area contributed by atoms with E-state index in [4.69, 9.17) is 4.74 Å². The molecule has 1 N–H and O–H groups in total. The third-order valence-corrected chi connectivity index (χ3v) is 6.51. The zero-order valence-electron chi connectivity index (χ0n) is 16.8. The minimum Gasteiger partial charge on any atom is -0.455 e. The summed E-state index contributed by atoms with van der Waals surface area (Å²) in [5.74, 6) is -0.0117. The maximum absolute atomic E-state index is 13.3. The average molecular weight is 503 g/mol. The van der Waals surface area contributed by atoms with Gasteiger partial charge in [-0.2, -0.15) is 22.8 Å². The smallest absolute Gasteiger partial charge is 0.416 e. The Morgan fingerprint density at radius 2 is 1.88 bits per heavy atom.